The lowest BCUT2D eigenvalue weighted by Gasteiger charge is -2.36. The van der Waals surface area contributed by atoms with Gasteiger partial charge in [0.25, 0.3) is 0 Å². The standard InChI is InChI=1S/C12H22O2P/c13-9-6-7-11(14)12(8-9)15-10-4-2-1-3-5-10/h9-13,15H,1-8H2/q-1/p+1. The Kier molecular flexibility index (Phi) is 4.42. The Hall–Kier alpha value is 0.350. The summed E-state index contributed by atoms with van der Waals surface area (Å²) in [5.74, 6) is 0. The minimum Gasteiger partial charge on any atom is -0.849 e. The molecule has 0 aromatic rings. The van der Waals surface area contributed by atoms with Gasteiger partial charge in [-0.15, -0.1) is 0 Å². The fourth-order valence-electron chi connectivity index (χ4n) is 3.03. The van der Waals surface area contributed by atoms with Crippen LogP contribution in [0.4, 0.5) is 0 Å². The second-order valence-electron chi connectivity index (χ2n) is 5.26. The van der Waals surface area contributed by atoms with Crippen LogP contribution in [0.2, 0.25) is 0 Å². The van der Waals surface area contributed by atoms with Gasteiger partial charge in [-0.3, -0.25) is 0 Å². The molecule has 0 saturated heterocycles. The van der Waals surface area contributed by atoms with E-state index in [1.807, 2.05) is 0 Å². The van der Waals surface area contributed by atoms with Crippen molar-refractivity contribution in [2.75, 3.05) is 0 Å². The molecule has 0 aliphatic heterocycles. The van der Waals surface area contributed by atoms with Crippen LogP contribution in [0.3, 0.4) is 0 Å². The third kappa shape index (κ3) is 3.41. The molecule has 0 aromatic carbocycles. The van der Waals surface area contributed by atoms with Gasteiger partial charge in [-0.2, -0.15) is 0 Å². The van der Waals surface area contributed by atoms with Gasteiger partial charge in [0.1, 0.15) is 0 Å². The second kappa shape index (κ2) is 5.61. The van der Waals surface area contributed by atoms with E-state index in [2.05, 4.69) is 0 Å². The zero-order valence-corrected chi connectivity index (χ0v) is 10.6. The number of aliphatic hydroxyl groups is 1. The summed E-state index contributed by atoms with van der Waals surface area (Å²) >= 11 is 0. The van der Waals surface area contributed by atoms with Crippen molar-refractivity contribution in [3.63, 3.8) is 0 Å². The molecule has 4 unspecified atom stereocenters. The average molecular weight is 230 g/mol. The fourth-order valence-corrected chi connectivity index (χ4v) is 5.50. The molecular weight excluding hydrogens is 207 g/mol. The van der Waals surface area contributed by atoms with Gasteiger partial charge in [0.2, 0.25) is 0 Å². The van der Waals surface area contributed by atoms with Gasteiger partial charge in [0, 0.05) is 6.42 Å². The minimum absolute atomic E-state index is 0.170. The first-order valence-electron chi connectivity index (χ1n) is 6.44. The zero-order chi connectivity index (χ0) is 10.7. The molecule has 15 heavy (non-hydrogen) atoms. The van der Waals surface area contributed by atoms with Crippen LogP contribution in [0.25, 0.3) is 0 Å². The lowest BCUT2D eigenvalue weighted by atomic mass is 9.95. The monoisotopic (exact) mass is 230 g/mol. The van der Waals surface area contributed by atoms with Crippen molar-refractivity contribution in [3.05, 3.63) is 0 Å². The molecule has 2 aliphatic rings. The van der Waals surface area contributed by atoms with Crippen LogP contribution < -0.4 is 5.11 Å². The summed E-state index contributed by atoms with van der Waals surface area (Å²) in [5, 5.41) is 21.4. The first kappa shape index (κ1) is 11.8. The van der Waals surface area contributed by atoms with E-state index in [9.17, 15) is 10.2 Å². The van der Waals surface area contributed by atoms with Crippen molar-refractivity contribution < 1.29 is 10.2 Å². The predicted molar refractivity (Wildman–Crippen MR) is 64.0 cm³/mol. The van der Waals surface area contributed by atoms with Crippen molar-refractivity contribution in [1.82, 2.24) is 0 Å². The van der Waals surface area contributed by atoms with Gasteiger partial charge in [-0.05, 0) is 40.7 Å². The molecule has 0 heterocycles. The summed E-state index contributed by atoms with van der Waals surface area (Å²) in [5.41, 5.74) is 1.21. The van der Waals surface area contributed by atoms with E-state index < -0.39 is 0 Å². The third-order valence-corrected chi connectivity index (χ3v) is 6.38. The molecule has 2 nitrogen and oxygen atoms in total. The molecule has 88 valence electrons. The maximum atomic E-state index is 11.8. The Bertz CT molecular complexity index is 192. The van der Waals surface area contributed by atoms with Gasteiger partial charge in [-0.1, -0.05) is 18.9 Å². The molecule has 1 N–H and O–H groups in total. The summed E-state index contributed by atoms with van der Waals surface area (Å²) in [4.78, 5) is 0. The molecule has 0 bridgehead atoms. The lowest BCUT2D eigenvalue weighted by molar-refractivity contribution is -0.425. The highest BCUT2D eigenvalue weighted by Crippen LogP contribution is 2.41. The SMILES string of the molecule is [O-]C1CCC(O)CC1[PH2+]C1CCCCC1. The van der Waals surface area contributed by atoms with E-state index in [4.69, 9.17) is 0 Å². The first-order chi connectivity index (χ1) is 7.25. The minimum atomic E-state index is -0.356. The third-order valence-electron chi connectivity index (χ3n) is 3.98. The molecule has 2 saturated carbocycles. The Morgan fingerprint density at radius 2 is 1.73 bits per heavy atom. The summed E-state index contributed by atoms with van der Waals surface area (Å²) in [6, 6.07) is 0. The molecular formula is C12H23O2P. The maximum Gasteiger partial charge on any atom is 0.0655 e. The molecule has 3 heteroatoms. The average Bonchev–Trinajstić information content (AvgIpc) is 2.25. The molecule has 0 amide bonds. The highest BCUT2D eigenvalue weighted by atomic mass is 31.1. The van der Waals surface area contributed by atoms with Crippen LogP contribution in [0.15, 0.2) is 0 Å². The van der Waals surface area contributed by atoms with Crippen LogP contribution in [-0.2, 0) is 0 Å². The van der Waals surface area contributed by atoms with Gasteiger partial charge in [0.05, 0.1) is 17.4 Å². The van der Waals surface area contributed by atoms with Crippen LogP contribution in [0.5, 0.6) is 0 Å². The lowest BCUT2D eigenvalue weighted by Crippen LogP contribution is -2.43. The normalized spacial score (nSPS) is 40.0. The van der Waals surface area contributed by atoms with E-state index in [0.717, 1.165) is 18.5 Å². The van der Waals surface area contributed by atoms with Crippen molar-refractivity contribution in [2.24, 2.45) is 0 Å². The Morgan fingerprint density at radius 1 is 1.00 bits per heavy atom. The van der Waals surface area contributed by atoms with Gasteiger partial charge in [0.15, 0.2) is 0 Å². The largest absolute Gasteiger partial charge is 0.849 e. The topological polar surface area (TPSA) is 43.3 Å². The summed E-state index contributed by atoms with van der Waals surface area (Å²) in [7, 11) is 0.296. The predicted octanol–water partition coefficient (Wildman–Crippen LogP) is 1.37. The van der Waals surface area contributed by atoms with E-state index in [1.165, 1.54) is 32.1 Å². The molecule has 0 spiro atoms. The number of rotatable bonds is 2. The molecule has 0 aromatic heterocycles. The molecule has 4 atom stereocenters. The van der Waals surface area contributed by atoms with Gasteiger partial charge < -0.3 is 10.2 Å². The van der Waals surface area contributed by atoms with Crippen molar-refractivity contribution >= 4 is 8.58 Å². The summed E-state index contributed by atoms with van der Waals surface area (Å²) < 4.78 is 0. The summed E-state index contributed by atoms with van der Waals surface area (Å²) in [6.07, 6.45) is 8.59. The highest BCUT2D eigenvalue weighted by molar-refractivity contribution is 7.39. The highest BCUT2D eigenvalue weighted by Gasteiger charge is 2.30. The van der Waals surface area contributed by atoms with E-state index in [1.54, 1.807) is 0 Å². The number of hydrogen-bond donors (Lipinski definition) is 1. The first-order valence-corrected chi connectivity index (χ1v) is 7.78. The molecule has 2 rings (SSSR count). The maximum absolute atomic E-state index is 11.8. The number of aliphatic hydroxyl groups excluding tert-OH is 1. The van der Waals surface area contributed by atoms with Crippen LogP contribution >= 0.6 is 8.58 Å². The van der Waals surface area contributed by atoms with Crippen LogP contribution in [0.1, 0.15) is 51.4 Å². The Morgan fingerprint density at radius 3 is 2.47 bits per heavy atom. The van der Waals surface area contributed by atoms with E-state index in [0.29, 0.717) is 20.7 Å². The number of hydrogen-bond acceptors (Lipinski definition) is 2. The van der Waals surface area contributed by atoms with Crippen molar-refractivity contribution in [2.45, 2.75) is 74.9 Å². The smallest absolute Gasteiger partial charge is 0.0655 e. The van der Waals surface area contributed by atoms with Crippen molar-refractivity contribution in [1.29, 1.82) is 0 Å². The summed E-state index contributed by atoms with van der Waals surface area (Å²) in [6.45, 7) is 0. The quantitative estimate of drug-likeness (QED) is 0.728. The van der Waals surface area contributed by atoms with Crippen LogP contribution in [0, 0.1) is 0 Å². The van der Waals surface area contributed by atoms with Gasteiger partial charge >= 0.3 is 0 Å². The van der Waals surface area contributed by atoms with E-state index in [-0.39, 0.29) is 12.2 Å². The molecule has 2 fully saturated rings. The van der Waals surface area contributed by atoms with E-state index >= 15 is 0 Å². The van der Waals surface area contributed by atoms with Gasteiger partial charge in [-0.25, -0.2) is 0 Å². The fraction of sp³-hybridized carbons (Fsp3) is 1.00. The molecule has 0 radical (unpaired) electrons. The zero-order valence-electron chi connectivity index (χ0n) is 9.40. The Labute approximate surface area is 94.2 Å². The second-order valence-corrected chi connectivity index (χ2v) is 7.44. The van der Waals surface area contributed by atoms with Crippen molar-refractivity contribution in [3.8, 4) is 0 Å². The Balaban J connectivity index is 1.80. The van der Waals surface area contributed by atoms with Crippen LogP contribution in [-0.4, -0.2) is 28.6 Å². The molecule has 2 aliphatic carbocycles.